The maximum Gasteiger partial charge on any atom is 0.236 e. The Morgan fingerprint density at radius 3 is 2.34 bits per heavy atom. The van der Waals surface area contributed by atoms with E-state index in [1.54, 1.807) is 6.07 Å². The Hall–Kier alpha value is -2.74. The van der Waals surface area contributed by atoms with Crippen LogP contribution in [-0.2, 0) is 9.84 Å². The number of halogens is 2. The van der Waals surface area contributed by atoms with Crippen molar-refractivity contribution in [1.82, 2.24) is 4.98 Å². The predicted molar refractivity (Wildman–Crippen MR) is 104 cm³/mol. The first-order valence-electron chi connectivity index (χ1n) is 9.37. The Morgan fingerprint density at radius 2 is 1.69 bits per heavy atom. The van der Waals surface area contributed by atoms with Crippen LogP contribution in [0.3, 0.4) is 0 Å². The van der Waals surface area contributed by atoms with Gasteiger partial charge in [0, 0.05) is 13.1 Å². The van der Waals surface area contributed by atoms with E-state index < -0.39 is 21.5 Å². The SMILES string of the molecule is CC1CCN(c2oc(-c3ccccc3F)nc2S(=O)(=O)c2ccc(F)cc2)CC1. The molecule has 0 unspecified atom stereocenters. The van der Waals surface area contributed by atoms with Crippen molar-refractivity contribution in [1.29, 1.82) is 0 Å². The molecule has 0 radical (unpaired) electrons. The minimum absolute atomic E-state index is 0.0830. The molecule has 29 heavy (non-hydrogen) atoms. The van der Waals surface area contributed by atoms with Crippen LogP contribution in [0.25, 0.3) is 11.5 Å². The summed E-state index contributed by atoms with van der Waals surface area (Å²) in [5, 5.41) is -0.281. The monoisotopic (exact) mass is 418 g/mol. The molecule has 5 nitrogen and oxygen atoms in total. The number of oxazole rings is 1. The Morgan fingerprint density at radius 1 is 1.03 bits per heavy atom. The van der Waals surface area contributed by atoms with Gasteiger partial charge >= 0.3 is 0 Å². The number of rotatable bonds is 4. The second-order valence-corrected chi connectivity index (χ2v) is 9.10. The lowest BCUT2D eigenvalue weighted by Crippen LogP contribution is -2.33. The molecule has 0 atom stereocenters. The van der Waals surface area contributed by atoms with Crippen molar-refractivity contribution < 1.29 is 21.6 Å². The molecule has 0 spiro atoms. The van der Waals surface area contributed by atoms with Crippen LogP contribution in [0.5, 0.6) is 0 Å². The fourth-order valence-electron chi connectivity index (χ4n) is 3.36. The quantitative estimate of drug-likeness (QED) is 0.575. The van der Waals surface area contributed by atoms with Crippen LogP contribution >= 0.6 is 0 Å². The summed E-state index contributed by atoms with van der Waals surface area (Å²) < 4.78 is 59.8. The molecule has 2 heterocycles. The second kappa shape index (κ2) is 7.59. The van der Waals surface area contributed by atoms with Crippen LogP contribution in [0.1, 0.15) is 19.8 Å². The van der Waals surface area contributed by atoms with Crippen molar-refractivity contribution in [3.05, 3.63) is 60.2 Å². The summed E-state index contributed by atoms with van der Waals surface area (Å²) in [4.78, 5) is 5.90. The molecule has 4 rings (SSSR count). The molecular formula is C21H20F2N2O3S. The number of aromatic nitrogens is 1. The van der Waals surface area contributed by atoms with Crippen molar-refractivity contribution in [2.24, 2.45) is 5.92 Å². The van der Waals surface area contributed by atoms with Gasteiger partial charge in [-0.2, -0.15) is 4.98 Å². The maximum atomic E-state index is 14.3. The summed E-state index contributed by atoms with van der Waals surface area (Å²) in [7, 11) is -4.08. The minimum atomic E-state index is -4.08. The molecule has 1 fully saturated rings. The average molecular weight is 418 g/mol. The molecular weight excluding hydrogens is 398 g/mol. The van der Waals surface area contributed by atoms with E-state index >= 15 is 0 Å². The lowest BCUT2D eigenvalue weighted by molar-refractivity contribution is 0.415. The molecule has 3 aromatic rings. The van der Waals surface area contributed by atoms with Gasteiger partial charge in [0.2, 0.25) is 26.6 Å². The number of nitrogens with zero attached hydrogens (tertiary/aromatic N) is 2. The van der Waals surface area contributed by atoms with Gasteiger partial charge in [0.15, 0.2) is 0 Å². The fourth-order valence-corrected chi connectivity index (χ4v) is 4.68. The summed E-state index contributed by atoms with van der Waals surface area (Å²) in [6.45, 7) is 3.36. The first kappa shape index (κ1) is 19.6. The van der Waals surface area contributed by atoms with E-state index in [1.165, 1.54) is 30.3 Å². The highest BCUT2D eigenvalue weighted by Crippen LogP contribution is 2.37. The lowest BCUT2D eigenvalue weighted by atomic mass is 9.99. The van der Waals surface area contributed by atoms with Crippen molar-refractivity contribution in [3.8, 4) is 11.5 Å². The lowest BCUT2D eigenvalue weighted by Gasteiger charge is -2.30. The highest BCUT2D eigenvalue weighted by atomic mass is 32.2. The second-order valence-electron chi connectivity index (χ2n) is 7.24. The first-order valence-corrected chi connectivity index (χ1v) is 10.9. The normalized spacial score (nSPS) is 15.6. The molecule has 152 valence electrons. The van der Waals surface area contributed by atoms with Gasteiger partial charge in [0.05, 0.1) is 10.5 Å². The number of hydrogen-bond acceptors (Lipinski definition) is 5. The Labute approximate surface area is 167 Å². The van der Waals surface area contributed by atoms with Gasteiger partial charge in [0.1, 0.15) is 11.6 Å². The molecule has 1 aliphatic rings. The summed E-state index contributed by atoms with van der Waals surface area (Å²) in [5.41, 5.74) is 0.0830. The van der Waals surface area contributed by atoms with Gasteiger partial charge in [0.25, 0.3) is 0 Å². The van der Waals surface area contributed by atoms with E-state index in [2.05, 4.69) is 11.9 Å². The van der Waals surface area contributed by atoms with E-state index in [0.717, 1.165) is 25.0 Å². The molecule has 1 aliphatic heterocycles. The number of hydrogen-bond donors (Lipinski definition) is 0. The van der Waals surface area contributed by atoms with Crippen LogP contribution in [-0.4, -0.2) is 26.5 Å². The molecule has 2 aromatic carbocycles. The van der Waals surface area contributed by atoms with Crippen LogP contribution in [0.2, 0.25) is 0 Å². The maximum absolute atomic E-state index is 14.3. The van der Waals surface area contributed by atoms with Gasteiger partial charge in [-0.3, -0.25) is 0 Å². The Balaban J connectivity index is 1.85. The van der Waals surface area contributed by atoms with Crippen LogP contribution < -0.4 is 4.90 Å². The van der Waals surface area contributed by atoms with Gasteiger partial charge in [-0.15, -0.1) is 0 Å². The minimum Gasteiger partial charge on any atom is -0.419 e. The predicted octanol–water partition coefficient (Wildman–Crippen LogP) is 4.69. The molecule has 0 amide bonds. The van der Waals surface area contributed by atoms with Gasteiger partial charge in [-0.05, 0) is 55.2 Å². The van der Waals surface area contributed by atoms with E-state index in [-0.39, 0.29) is 27.3 Å². The van der Waals surface area contributed by atoms with Crippen LogP contribution in [0.15, 0.2) is 62.9 Å². The van der Waals surface area contributed by atoms with E-state index in [4.69, 9.17) is 4.42 Å². The number of piperidine rings is 1. The largest absolute Gasteiger partial charge is 0.419 e. The molecule has 8 heteroatoms. The Kier molecular flexibility index (Phi) is 5.12. The zero-order valence-corrected chi connectivity index (χ0v) is 16.6. The van der Waals surface area contributed by atoms with Gasteiger partial charge < -0.3 is 9.32 Å². The van der Waals surface area contributed by atoms with Crippen LogP contribution in [0.4, 0.5) is 14.7 Å². The highest BCUT2D eigenvalue weighted by Gasteiger charge is 2.33. The standard InChI is InChI=1S/C21H20F2N2O3S/c1-14-10-12-25(13-11-14)21-20(29(26,27)16-8-6-15(22)7-9-16)24-19(28-21)17-4-2-3-5-18(17)23/h2-9,14H,10-13H2,1H3. The fraction of sp³-hybridized carbons (Fsp3) is 0.286. The molecule has 0 N–H and O–H groups in total. The number of sulfone groups is 1. The highest BCUT2D eigenvalue weighted by molar-refractivity contribution is 7.91. The third-order valence-corrected chi connectivity index (χ3v) is 6.80. The smallest absolute Gasteiger partial charge is 0.236 e. The summed E-state index contributed by atoms with van der Waals surface area (Å²) in [6, 6.07) is 10.4. The van der Waals surface area contributed by atoms with E-state index in [1.807, 2.05) is 4.90 Å². The van der Waals surface area contributed by atoms with E-state index in [9.17, 15) is 17.2 Å². The zero-order valence-electron chi connectivity index (χ0n) is 15.8. The molecule has 0 aliphatic carbocycles. The molecule has 1 saturated heterocycles. The zero-order chi connectivity index (χ0) is 20.6. The summed E-state index contributed by atoms with van der Waals surface area (Å²) in [5.74, 6) is -0.575. The third kappa shape index (κ3) is 3.76. The van der Waals surface area contributed by atoms with E-state index in [0.29, 0.717) is 19.0 Å². The van der Waals surface area contributed by atoms with Crippen molar-refractivity contribution in [2.45, 2.75) is 29.7 Å². The van der Waals surface area contributed by atoms with Crippen molar-refractivity contribution in [3.63, 3.8) is 0 Å². The number of benzene rings is 2. The third-order valence-electron chi connectivity index (χ3n) is 5.13. The molecule has 1 aromatic heterocycles. The molecule has 0 bridgehead atoms. The van der Waals surface area contributed by atoms with Gasteiger partial charge in [-0.25, -0.2) is 17.2 Å². The van der Waals surface area contributed by atoms with Gasteiger partial charge in [-0.1, -0.05) is 19.1 Å². The number of anilines is 1. The summed E-state index contributed by atoms with van der Waals surface area (Å²) >= 11 is 0. The summed E-state index contributed by atoms with van der Waals surface area (Å²) in [6.07, 6.45) is 1.76. The van der Waals surface area contributed by atoms with Crippen molar-refractivity contribution in [2.75, 3.05) is 18.0 Å². The first-order chi connectivity index (χ1) is 13.9. The van der Waals surface area contributed by atoms with Crippen LogP contribution in [0, 0.1) is 17.6 Å². The Bertz CT molecular complexity index is 1120. The average Bonchev–Trinajstić information content (AvgIpc) is 3.15. The molecule has 0 saturated carbocycles. The topological polar surface area (TPSA) is 63.4 Å². The van der Waals surface area contributed by atoms with Crippen molar-refractivity contribution >= 4 is 15.7 Å².